The Morgan fingerprint density at radius 2 is 1.71 bits per heavy atom. The molecule has 86 valence electrons. The highest BCUT2D eigenvalue weighted by molar-refractivity contribution is 4.79. The Morgan fingerprint density at radius 1 is 1.21 bits per heavy atom. The highest BCUT2D eigenvalue weighted by Gasteiger charge is 2.30. The lowest BCUT2D eigenvalue weighted by atomic mass is 9.81. The van der Waals surface area contributed by atoms with Gasteiger partial charge in [-0.25, -0.2) is 0 Å². The zero-order valence-electron chi connectivity index (χ0n) is 10.5. The van der Waals surface area contributed by atoms with Crippen molar-refractivity contribution in [2.24, 2.45) is 11.8 Å². The first-order chi connectivity index (χ1) is 6.31. The highest BCUT2D eigenvalue weighted by atomic mass is 16.5. The quantitative estimate of drug-likeness (QED) is 0.717. The van der Waals surface area contributed by atoms with E-state index in [9.17, 15) is 0 Å². The van der Waals surface area contributed by atoms with Crippen molar-refractivity contribution in [1.82, 2.24) is 0 Å². The summed E-state index contributed by atoms with van der Waals surface area (Å²) in [7, 11) is 0. The van der Waals surface area contributed by atoms with Gasteiger partial charge in [-0.05, 0) is 32.6 Å². The van der Waals surface area contributed by atoms with Crippen LogP contribution in [-0.2, 0) is 4.74 Å². The number of aliphatic hydroxyl groups excluding tert-OH is 1. The lowest BCUT2D eigenvalue weighted by molar-refractivity contribution is -0.0950. The Labute approximate surface area is 88.7 Å². The first kappa shape index (κ1) is 13.9. The van der Waals surface area contributed by atoms with Crippen molar-refractivity contribution in [3.05, 3.63) is 0 Å². The molecule has 0 amide bonds. The number of rotatable bonds is 6. The van der Waals surface area contributed by atoms with Crippen LogP contribution in [0.4, 0.5) is 0 Å². The van der Waals surface area contributed by atoms with Crippen molar-refractivity contribution in [2.45, 2.75) is 59.7 Å². The van der Waals surface area contributed by atoms with Gasteiger partial charge < -0.3 is 9.84 Å². The second-order valence-corrected chi connectivity index (χ2v) is 4.94. The fourth-order valence-corrected chi connectivity index (χ4v) is 1.51. The third-order valence-corrected chi connectivity index (χ3v) is 3.29. The molecule has 0 aliphatic heterocycles. The maximum absolute atomic E-state index is 9.17. The van der Waals surface area contributed by atoms with E-state index in [4.69, 9.17) is 9.84 Å². The Hall–Kier alpha value is -0.0800. The van der Waals surface area contributed by atoms with Gasteiger partial charge in [0.05, 0.1) is 18.3 Å². The Bertz CT molecular complexity index is 152. The van der Waals surface area contributed by atoms with Crippen LogP contribution in [0.5, 0.6) is 0 Å². The molecule has 0 aromatic rings. The van der Waals surface area contributed by atoms with Crippen LogP contribution in [-0.4, -0.2) is 23.4 Å². The molecule has 0 aliphatic rings. The predicted octanol–water partition coefficient (Wildman–Crippen LogP) is 2.84. The van der Waals surface area contributed by atoms with Crippen LogP contribution in [0.2, 0.25) is 0 Å². The molecule has 1 N–H and O–H groups in total. The van der Waals surface area contributed by atoms with E-state index in [0.29, 0.717) is 18.4 Å². The summed E-state index contributed by atoms with van der Waals surface area (Å²) in [5, 5.41) is 9.17. The van der Waals surface area contributed by atoms with Crippen LogP contribution in [0.3, 0.4) is 0 Å². The van der Waals surface area contributed by atoms with E-state index in [1.54, 1.807) is 6.92 Å². The van der Waals surface area contributed by atoms with Gasteiger partial charge in [0.15, 0.2) is 0 Å². The predicted molar refractivity (Wildman–Crippen MR) is 60.3 cm³/mol. The zero-order chi connectivity index (χ0) is 11.4. The summed E-state index contributed by atoms with van der Waals surface area (Å²) in [5.41, 5.74) is -0.146. The Balaban J connectivity index is 4.15. The highest BCUT2D eigenvalue weighted by Crippen LogP contribution is 2.29. The first-order valence-electron chi connectivity index (χ1n) is 5.63. The topological polar surface area (TPSA) is 29.5 Å². The van der Waals surface area contributed by atoms with E-state index >= 15 is 0 Å². The van der Waals surface area contributed by atoms with Crippen molar-refractivity contribution < 1.29 is 9.84 Å². The monoisotopic (exact) mass is 202 g/mol. The van der Waals surface area contributed by atoms with Crippen LogP contribution >= 0.6 is 0 Å². The molecule has 0 bridgehead atoms. The Kier molecular flexibility index (Phi) is 5.68. The molecule has 0 saturated carbocycles. The molecule has 3 unspecified atom stereocenters. The largest absolute Gasteiger partial charge is 0.391 e. The summed E-state index contributed by atoms with van der Waals surface area (Å²) in [4.78, 5) is 0. The second kappa shape index (κ2) is 5.72. The average Bonchev–Trinajstić information content (AvgIpc) is 2.12. The van der Waals surface area contributed by atoms with Crippen molar-refractivity contribution >= 4 is 0 Å². The van der Waals surface area contributed by atoms with Crippen molar-refractivity contribution in [3.8, 4) is 0 Å². The van der Waals surface area contributed by atoms with Gasteiger partial charge in [-0.3, -0.25) is 0 Å². The van der Waals surface area contributed by atoms with Gasteiger partial charge in [-0.2, -0.15) is 0 Å². The minimum Gasteiger partial charge on any atom is -0.391 e. The van der Waals surface area contributed by atoms with Gasteiger partial charge in [0.2, 0.25) is 0 Å². The second-order valence-electron chi connectivity index (χ2n) is 4.94. The molecule has 0 rings (SSSR count). The van der Waals surface area contributed by atoms with Crippen LogP contribution in [0.15, 0.2) is 0 Å². The lowest BCUT2D eigenvalue weighted by Gasteiger charge is -2.36. The molecular formula is C12H26O2. The van der Waals surface area contributed by atoms with Gasteiger partial charge in [-0.15, -0.1) is 0 Å². The number of aliphatic hydroxyl groups is 1. The van der Waals surface area contributed by atoms with E-state index in [0.717, 1.165) is 0 Å². The van der Waals surface area contributed by atoms with Crippen LogP contribution in [0.25, 0.3) is 0 Å². The molecule has 2 nitrogen and oxygen atoms in total. The zero-order valence-corrected chi connectivity index (χ0v) is 10.5. The van der Waals surface area contributed by atoms with E-state index in [1.807, 2.05) is 0 Å². The normalized spacial score (nSPS) is 19.1. The fourth-order valence-electron chi connectivity index (χ4n) is 1.51. The van der Waals surface area contributed by atoms with E-state index in [-0.39, 0.29) is 11.7 Å². The minimum absolute atomic E-state index is 0.146. The SMILES string of the molecule is CCC(C)C(C)C(C)(C)OCC(C)O. The van der Waals surface area contributed by atoms with Crippen LogP contribution < -0.4 is 0 Å². The molecule has 3 atom stereocenters. The van der Waals surface area contributed by atoms with Gasteiger partial charge in [0.25, 0.3) is 0 Å². The van der Waals surface area contributed by atoms with E-state index in [1.165, 1.54) is 6.42 Å². The summed E-state index contributed by atoms with van der Waals surface area (Å²) in [5.74, 6) is 1.16. The molecule has 0 aliphatic carbocycles. The average molecular weight is 202 g/mol. The van der Waals surface area contributed by atoms with Crippen LogP contribution in [0, 0.1) is 11.8 Å². The smallest absolute Gasteiger partial charge is 0.0745 e. The summed E-state index contributed by atoms with van der Waals surface area (Å²) < 4.78 is 5.73. The maximum atomic E-state index is 9.17. The first-order valence-corrected chi connectivity index (χ1v) is 5.63. The van der Waals surface area contributed by atoms with Crippen molar-refractivity contribution in [3.63, 3.8) is 0 Å². The van der Waals surface area contributed by atoms with Crippen molar-refractivity contribution in [2.75, 3.05) is 6.61 Å². The summed E-state index contributed by atoms with van der Waals surface area (Å²) in [6, 6.07) is 0. The molecule has 0 heterocycles. The minimum atomic E-state index is -0.376. The molecule has 0 spiro atoms. The molecular weight excluding hydrogens is 176 g/mol. The molecule has 2 heteroatoms. The molecule has 14 heavy (non-hydrogen) atoms. The molecule has 0 aromatic heterocycles. The summed E-state index contributed by atoms with van der Waals surface area (Å²) in [6.07, 6.45) is 0.793. The van der Waals surface area contributed by atoms with E-state index in [2.05, 4.69) is 34.6 Å². The fraction of sp³-hybridized carbons (Fsp3) is 1.00. The standard InChI is InChI=1S/C12H26O2/c1-7-9(2)11(4)12(5,6)14-8-10(3)13/h9-11,13H,7-8H2,1-6H3. The Morgan fingerprint density at radius 3 is 2.07 bits per heavy atom. The van der Waals surface area contributed by atoms with Gasteiger partial charge in [0, 0.05) is 0 Å². The molecule has 0 aromatic carbocycles. The molecule has 0 saturated heterocycles. The van der Waals surface area contributed by atoms with Gasteiger partial charge in [0.1, 0.15) is 0 Å². The van der Waals surface area contributed by atoms with Gasteiger partial charge >= 0.3 is 0 Å². The number of hydrogen-bond donors (Lipinski definition) is 1. The third kappa shape index (κ3) is 4.43. The number of hydrogen-bond acceptors (Lipinski definition) is 2. The maximum Gasteiger partial charge on any atom is 0.0745 e. The third-order valence-electron chi connectivity index (χ3n) is 3.29. The molecule has 0 fully saturated rings. The van der Waals surface area contributed by atoms with Crippen molar-refractivity contribution in [1.29, 1.82) is 0 Å². The number of ether oxygens (including phenoxy) is 1. The van der Waals surface area contributed by atoms with Crippen LogP contribution in [0.1, 0.15) is 48.0 Å². The molecule has 0 radical (unpaired) electrons. The lowest BCUT2D eigenvalue weighted by Crippen LogP contribution is -2.38. The summed E-state index contributed by atoms with van der Waals surface area (Å²) >= 11 is 0. The van der Waals surface area contributed by atoms with E-state index < -0.39 is 0 Å². The van der Waals surface area contributed by atoms with Gasteiger partial charge in [-0.1, -0.05) is 27.2 Å². The summed E-state index contributed by atoms with van der Waals surface area (Å²) in [6.45, 7) is 13.1.